The summed E-state index contributed by atoms with van der Waals surface area (Å²) in [5.74, 6) is 1.49. The van der Waals surface area contributed by atoms with Crippen molar-refractivity contribution in [3.8, 4) is 0 Å². The van der Waals surface area contributed by atoms with Gasteiger partial charge in [0.2, 0.25) is 5.78 Å². The van der Waals surface area contributed by atoms with E-state index in [-0.39, 0.29) is 5.56 Å². The van der Waals surface area contributed by atoms with Crippen molar-refractivity contribution >= 4 is 16.7 Å². The summed E-state index contributed by atoms with van der Waals surface area (Å²) in [6, 6.07) is 5.98. The molecule has 0 unspecified atom stereocenters. The van der Waals surface area contributed by atoms with Gasteiger partial charge in [0.1, 0.15) is 0 Å². The molecule has 3 aromatic rings. The SMILES string of the molecule is CCN1CCN(Cc2nnc3n(C)c(=O)c4cc(C)ccc4n23)CC1. The van der Waals surface area contributed by atoms with Gasteiger partial charge in [0, 0.05) is 33.2 Å². The molecule has 0 N–H and O–H groups in total. The Morgan fingerprint density at radius 1 is 1.08 bits per heavy atom. The minimum absolute atomic E-state index is 0.0262. The topological polar surface area (TPSA) is 58.7 Å². The highest BCUT2D eigenvalue weighted by molar-refractivity contribution is 5.81. The number of benzene rings is 1. The molecule has 1 aromatic carbocycles. The van der Waals surface area contributed by atoms with Crippen LogP contribution in [0.4, 0.5) is 0 Å². The summed E-state index contributed by atoms with van der Waals surface area (Å²) in [5.41, 5.74) is 1.94. The van der Waals surface area contributed by atoms with Crippen LogP contribution in [0.1, 0.15) is 18.3 Å². The molecule has 0 bridgehead atoms. The van der Waals surface area contributed by atoms with E-state index < -0.39 is 0 Å². The lowest BCUT2D eigenvalue weighted by molar-refractivity contribution is 0.129. The minimum Gasteiger partial charge on any atom is -0.301 e. The zero-order chi connectivity index (χ0) is 17.6. The number of rotatable bonds is 3. The lowest BCUT2D eigenvalue weighted by Gasteiger charge is -2.33. The van der Waals surface area contributed by atoms with Gasteiger partial charge in [-0.3, -0.25) is 18.7 Å². The van der Waals surface area contributed by atoms with Crippen molar-refractivity contribution in [2.45, 2.75) is 20.4 Å². The second-order valence-corrected chi connectivity index (χ2v) is 6.85. The second-order valence-electron chi connectivity index (χ2n) is 6.85. The highest BCUT2D eigenvalue weighted by Crippen LogP contribution is 2.17. The largest absolute Gasteiger partial charge is 0.301 e. The standard InChI is InChI=1S/C18H24N6O/c1-4-22-7-9-23(10-8-22)12-16-19-20-18-21(3)17(25)14-11-13(2)5-6-15(14)24(16)18/h5-6,11H,4,7-10,12H2,1-3H3. The van der Waals surface area contributed by atoms with E-state index in [9.17, 15) is 4.79 Å². The lowest BCUT2D eigenvalue weighted by Crippen LogP contribution is -2.45. The van der Waals surface area contributed by atoms with Gasteiger partial charge in [0.05, 0.1) is 17.4 Å². The van der Waals surface area contributed by atoms with Crippen LogP contribution in [0.25, 0.3) is 16.7 Å². The number of likely N-dealkylation sites (N-methyl/N-ethyl adjacent to an activating group) is 1. The first-order chi connectivity index (χ1) is 12.1. The number of nitrogens with zero attached hydrogens (tertiary/aromatic N) is 6. The predicted octanol–water partition coefficient (Wildman–Crippen LogP) is 1.03. The maximum absolute atomic E-state index is 12.6. The molecule has 0 spiro atoms. The lowest BCUT2D eigenvalue weighted by atomic mass is 10.1. The molecule has 1 fully saturated rings. The van der Waals surface area contributed by atoms with E-state index >= 15 is 0 Å². The van der Waals surface area contributed by atoms with Gasteiger partial charge >= 0.3 is 0 Å². The zero-order valence-electron chi connectivity index (χ0n) is 15.1. The van der Waals surface area contributed by atoms with Gasteiger partial charge in [-0.15, -0.1) is 10.2 Å². The first-order valence-electron chi connectivity index (χ1n) is 8.86. The van der Waals surface area contributed by atoms with Gasteiger partial charge in [-0.1, -0.05) is 18.6 Å². The molecule has 0 aliphatic carbocycles. The Hall–Kier alpha value is -2.25. The van der Waals surface area contributed by atoms with Crippen LogP contribution in [0.5, 0.6) is 0 Å². The molecule has 1 aliphatic heterocycles. The maximum atomic E-state index is 12.6. The average Bonchev–Trinajstić information content (AvgIpc) is 3.04. The molecule has 0 atom stereocenters. The highest BCUT2D eigenvalue weighted by atomic mass is 16.1. The number of hydrogen-bond acceptors (Lipinski definition) is 5. The van der Waals surface area contributed by atoms with Crippen LogP contribution in [0.15, 0.2) is 23.0 Å². The number of piperazine rings is 1. The van der Waals surface area contributed by atoms with Crippen molar-refractivity contribution in [2.24, 2.45) is 7.05 Å². The summed E-state index contributed by atoms with van der Waals surface area (Å²) in [6.45, 7) is 10.3. The molecule has 132 valence electrons. The van der Waals surface area contributed by atoms with E-state index in [1.807, 2.05) is 29.5 Å². The second kappa shape index (κ2) is 6.24. The van der Waals surface area contributed by atoms with Gasteiger partial charge in [0.25, 0.3) is 5.56 Å². The van der Waals surface area contributed by atoms with Crippen LogP contribution in [0, 0.1) is 6.92 Å². The molecule has 2 aromatic heterocycles. The molecule has 3 heterocycles. The maximum Gasteiger partial charge on any atom is 0.262 e. The smallest absolute Gasteiger partial charge is 0.262 e. The Bertz CT molecular complexity index is 981. The first-order valence-corrected chi connectivity index (χ1v) is 8.86. The summed E-state index contributed by atoms with van der Waals surface area (Å²) >= 11 is 0. The molecule has 1 aliphatic rings. The van der Waals surface area contributed by atoms with Crippen molar-refractivity contribution in [2.75, 3.05) is 32.7 Å². The van der Waals surface area contributed by atoms with E-state index in [1.165, 1.54) is 0 Å². The average molecular weight is 340 g/mol. The normalized spacial score (nSPS) is 16.9. The van der Waals surface area contributed by atoms with Crippen molar-refractivity contribution in [3.63, 3.8) is 0 Å². The Morgan fingerprint density at radius 3 is 2.52 bits per heavy atom. The van der Waals surface area contributed by atoms with Crippen molar-refractivity contribution < 1.29 is 0 Å². The summed E-state index contributed by atoms with van der Waals surface area (Å²) < 4.78 is 3.62. The van der Waals surface area contributed by atoms with Gasteiger partial charge < -0.3 is 4.90 Å². The minimum atomic E-state index is -0.0262. The Labute approximate surface area is 146 Å². The van der Waals surface area contributed by atoms with E-state index in [1.54, 1.807) is 11.6 Å². The van der Waals surface area contributed by atoms with E-state index in [0.29, 0.717) is 11.2 Å². The van der Waals surface area contributed by atoms with E-state index in [2.05, 4.69) is 26.9 Å². The summed E-state index contributed by atoms with van der Waals surface area (Å²) in [4.78, 5) is 17.5. The molecule has 25 heavy (non-hydrogen) atoms. The van der Waals surface area contributed by atoms with Gasteiger partial charge in [-0.25, -0.2) is 0 Å². The third-order valence-corrected chi connectivity index (χ3v) is 5.22. The van der Waals surface area contributed by atoms with Gasteiger partial charge in [0.15, 0.2) is 5.82 Å². The van der Waals surface area contributed by atoms with E-state index in [4.69, 9.17) is 0 Å². The Kier molecular flexibility index (Phi) is 4.05. The molecular weight excluding hydrogens is 316 g/mol. The fraction of sp³-hybridized carbons (Fsp3) is 0.500. The van der Waals surface area contributed by atoms with Crippen LogP contribution in [-0.4, -0.2) is 61.7 Å². The summed E-state index contributed by atoms with van der Waals surface area (Å²) in [7, 11) is 1.76. The fourth-order valence-corrected chi connectivity index (χ4v) is 3.62. The molecule has 7 nitrogen and oxygen atoms in total. The van der Waals surface area contributed by atoms with Crippen LogP contribution < -0.4 is 5.56 Å². The molecule has 0 radical (unpaired) electrons. The molecule has 0 saturated carbocycles. The third-order valence-electron chi connectivity index (χ3n) is 5.22. The number of fused-ring (bicyclic) bond motifs is 3. The monoisotopic (exact) mass is 340 g/mol. The highest BCUT2D eigenvalue weighted by Gasteiger charge is 2.20. The summed E-state index contributed by atoms with van der Waals surface area (Å²) in [6.07, 6.45) is 0. The molecular formula is C18H24N6O. The van der Waals surface area contributed by atoms with Gasteiger partial charge in [-0.2, -0.15) is 0 Å². The van der Waals surface area contributed by atoms with E-state index in [0.717, 1.165) is 56.2 Å². The third kappa shape index (κ3) is 2.73. The number of aryl methyl sites for hydroxylation is 2. The van der Waals surface area contributed by atoms with Crippen molar-refractivity contribution in [1.29, 1.82) is 0 Å². The molecule has 0 amide bonds. The molecule has 1 saturated heterocycles. The van der Waals surface area contributed by atoms with Crippen molar-refractivity contribution in [3.05, 3.63) is 39.9 Å². The Balaban J connectivity index is 1.78. The van der Waals surface area contributed by atoms with Crippen LogP contribution in [-0.2, 0) is 13.6 Å². The van der Waals surface area contributed by atoms with Crippen LogP contribution in [0.3, 0.4) is 0 Å². The number of hydrogen-bond donors (Lipinski definition) is 0. The van der Waals surface area contributed by atoms with Crippen LogP contribution in [0.2, 0.25) is 0 Å². The zero-order valence-corrected chi connectivity index (χ0v) is 15.1. The number of aromatic nitrogens is 4. The molecule has 7 heteroatoms. The molecule has 4 rings (SSSR count). The first kappa shape index (κ1) is 16.2. The van der Waals surface area contributed by atoms with Gasteiger partial charge in [-0.05, 0) is 25.6 Å². The Morgan fingerprint density at radius 2 is 1.80 bits per heavy atom. The quantitative estimate of drug-likeness (QED) is 0.713. The fourth-order valence-electron chi connectivity index (χ4n) is 3.62. The van der Waals surface area contributed by atoms with Crippen molar-refractivity contribution in [1.82, 2.24) is 29.0 Å². The predicted molar refractivity (Wildman–Crippen MR) is 97.9 cm³/mol. The van der Waals surface area contributed by atoms with Crippen LogP contribution >= 0.6 is 0 Å². The summed E-state index contributed by atoms with van der Waals surface area (Å²) in [5, 5.41) is 9.40.